The Balaban J connectivity index is 1.72. The number of amides is 5. The van der Waals surface area contributed by atoms with Crippen molar-refractivity contribution in [1.82, 2.24) is 20.9 Å². The third-order valence-corrected chi connectivity index (χ3v) is 4.82. The minimum absolute atomic E-state index is 0.348. The van der Waals surface area contributed by atoms with Crippen LogP contribution >= 0.6 is 0 Å². The van der Waals surface area contributed by atoms with E-state index in [1.165, 1.54) is 6.92 Å². The number of carbonyl (C=O) groups excluding carboxylic acids is 4. The molecule has 2 heterocycles. The van der Waals surface area contributed by atoms with Crippen LogP contribution in [0.25, 0.3) is 0 Å². The molecular formula is C19H24N4O6. The smallest absolute Gasteiger partial charge is 0.325 e. The van der Waals surface area contributed by atoms with Gasteiger partial charge in [-0.05, 0) is 38.5 Å². The summed E-state index contributed by atoms with van der Waals surface area (Å²) in [5, 5.41) is 7.70. The standard InChI is InChI=1S/C19H24N4O6/c1-4-20-16(25)11(2)21-15(24)10-23-17(26)19(3,22-18(23)27)12-5-6-13-14(9-12)29-8-7-28-13/h5-6,9,11H,4,7-8,10H2,1-3H3,(H,20,25)(H,21,24)(H,22,27)/t11-,19-/m0/s1. The van der Waals surface area contributed by atoms with E-state index in [1.807, 2.05) is 0 Å². The van der Waals surface area contributed by atoms with Crippen molar-refractivity contribution in [3.05, 3.63) is 23.8 Å². The summed E-state index contributed by atoms with van der Waals surface area (Å²) in [4.78, 5) is 50.2. The summed E-state index contributed by atoms with van der Waals surface area (Å²) in [6.07, 6.45) is 0. The highest BCUT2D eigenvalue weighted by Crippen LogP contribution is 2.36. The summed E-state index contributed by atoms with van der Waals surface area (Å²) in [5.74, 6) is -0.474. The predicted octanol–water partition coefficient (Wildman–Crippen LogP) is -0.134. The number of urea groups is 1. The van der Waals surface area contributed by atoms with Crippen molar-refractivity contribution in [3.8, 4) is 11.5 Å². The Hall–Kier alpha value is -3.30. The summed E-state index contributed by atoms with van der Waals surface area (Å²) in [6, 6.07) is 3.53. The van der Waals surface area contributed by atoms with E-state index < -0.39 is 36.0 Å². The lowest BCUT2D eigenvalue weighted by molar-refractivity contribution is -0.135. The molecule has 29 heavy (non-hydrogen) atoms. The Morgan fingerprint density at radius 1 is 1.24 bits per heavy atom. The van der Waals surface area contributed by atoms with E-state index >= 15 is 0 Å². The van der Waals surface area contributed by atoms with Gasteiger partial charge < -0.3 is 25.4 Å². The van der Waals surface area contributed by atoms with E-state index in [9.17, 15) is 19.2 Å². The predicted molar refractivity (Wildman–Crippen MR) is 101 cm³/mol. The van der Waals surface area contributed by atoms with Crippen molar-refractivity contribution in [1.29, 1.82) is 0 Å². The van der Waals surface area contributed by atoms with Crippen LogP contribution in [-0.4, -0.2) is 61.0 Å². The molecule has 1 fully saturated rings. The third-order valence-electron chi connectivity index (χ3n) is 4.82. The first kappa shape index (κ1) is 20.4. The Bertz CT molecular complexity index is 857. The number of ether oxygens (including phenoxy) is 2. The zero-order chi connectivity index (χ0) is 21.2. The molecule has 1 aromatic carbocycles. The number of rotatable bonds is 6. The van der Waals surface area contributed by atoms with Gasteiger partial charge in [0.05, 0.1) is 0 Å². The molecule has 0 radical (unpaired) electrons. The molecule has 3 rings (SSSR count). The Labute approximate surface area is 167 Å². The molecule has 5 amide bonds. The molecule has 0 aliphatic carbocycles. The summed E-state index contributed by atoms with van der Waals surface area (Å²) in [6.45, 7) is 5.62. The van der Waals surface area contributed by atoms with Gasteiger partial charge in [0.25, 0.3) is 5.91 Å². The molecule has 0 saturated carbocycles. The lowest BCUT2D eigenvalue weighted by Crippen LogP contribution is -2.49. The van der Waals surface area contributed by atoms with Gasteiger partial charge in [0, 0.05) is 6.54 Å². The average Bonchev–Trinajstić information content (AvgIpc) is 2.91. The van der Waals surface area contributed by atoms with Gasteiger partial charge in [0.2, 0.25) is 11.8 Å². The molecule has 10 heteroatoms. The minimum Gasteiger partial charge on any atom is -0.486 e. The highest BCUT2D eigenvalue weighted by Gasteiger charge is 2.49. The number of nitrogens with one attached hydrogen (secondary N) is 3. The van der Waals surface area contributed by atoms with Crippen molar-refractivity contribution in [3.63, 3.8) is 0 Å². The first-order valence-electron chi connectivity index (χ1n) is 9.37. The monoisotopic (exact) mass is 404 g/mol. The van der Waals surface area contributed by atoms with Gasteiger partial charge in [0.1, 0.15) is 31.3 Å². The highest BCUT2D eigenvalue weighted by atomic mass is 16.6. The Morgan fingerprint density at radius 2 is 1.93 bits per heavy atom. The van der Waals surface area contributed by atoms with Crippen molar-refractivity contribution in [2.24, 2.45) is 0 Å². The molecule has 0 spiro atoms. The maximum atomic E-state index is 13.0. The number of nitrogens with zero attached hydrogens (tertiary/aromatic N) is 1. The molecule has 0 aromatic heterocycles. The lowest BCUT2D eigenvalue weighted by Gasteiger charge is -2.25. The molecule has 2 aliphatic heterocycles. The lowest BCUT2D eigenvalue weighted by atomic mass is 9.91. The fourth-order valence-electron chi connectivity index (χ4n) is 3.21. The van der Waals surface area contributed by atoms with Crippen LogP contribution in [0.15, 0.2) is 18.2 Å². The molecule has 1 saturated heterocycles. The quantitative estimate of drug-likeness (QED) is 0.567. The van der Waals surface area contributed by atoms with Gasteiger partial charge in [-0.2, -0.15) is 0 Å². The van der Waals surface area contributed by atoms with Crippen LogP contribution in [-0.2, 0) is 19.9 Å². The molecule has 2 aliphatic rings. The van der Waals surface area contributed by atoms with Crippen molar-refractivity contribution >= 4 is 23.8 Å². The number of likely N-dealkylation sites (N-methyl/N-ethyl adjacent to an activating group) is 1. The second kappa shape index (κ2) is 7.98. The van der Waals surface area contributed by atoms with E-state index in [4.69, 9.17) is 9.47 Å². The maximum Gasteiger partial charge on any atom is 0.325 e. The molecular weight excluding hydrogens is 380 g/mol. The minimum atomic E-state index is -1.35. The molecule has 10 nitrogen and oxygen atoms in total. The second-order valence-electron chi connectivity index (χ2n) is 6.99. The van der Waals surface area contributed by atoms with E-state index in [-0.39, 0.29) is 5.91 Å². The fraction of sp³-hybridized carbons (Fsp3) is 0.474. The first-order valence-corrected chi connectivity index (χ1v) is 9.37. The Morgan fingerprint density at radius 3 is 2.62 bits per heavy atom. The SMILES string of the molecule is CCNC(=O)[C@H](C)NC(=O)CN1C(=O)N[C@@](C)(c2ccc3c(c2)OCCO3)C1=O. The van der Waals surface area contributed by atoms with Crippen molar-refractivity contribution < 1.29 is 28.7 Å². The normalized spacial score (nSPS) is 21.4. The van der Waals surface area contributed by atoms with E-state index in [0.29, 0.717) is 36.8 Å². The van der Waals surface area contributed by atoms with Crippen LogP contribution in [0.4, 0.5) is 4.79 Å². The Kier molecular flexibility index (Phi) is 5.62. The number of hydrogen-bond donors (Lipinski definition) is 3. The molecule has 0 bridgehead atoms. The average molecular weight is 404 g/mol. The molecule has 1 aromatic rings. The van der Waals surface area contributed by atoms with Crippen LogP contribution in [0.1, 0.15) is 26.3 Å². The zero-order valence-corrected chi connectivity index (χ0v) is 16.5. The number of imide groups is 1. The van der Waals surface area contributed by atoms with E-state index in [0.717, 1.165) is 4.90 Å². The largest absolute Gasteiger partial charge is 0.486 e. The van der Waals surface area contributed by atoms with Gasteiger partial charge in [-0.3, -0.25) is 19.3 Å². The van der Waals surface area contributed by atoms with Gasteiger partial charge in [-0.15, -0.1) is 0 Å². The first-order chi connectivity index (χ1) is 13.8. The highest BCUT2D eigenvalue weighted by molar-refractivity contribution is 6.09. The van der Waals surface area contributed by atoms with Crippen LogP contribution < -0.4 is 25.4 Å². The van der Waals surface area contributed by atoms with Crippen molar-refractivity contribution in [2.45, 2.75) is 32.4 Å². The molecule has 3 N–H and O–H groups in total. The van der Waals surface area contributed by atoms with Crippen LogP contribution in [0, 0.1) is 0 Å². The van der Waals surface area contributed by atoms with Crippen LogP contribution in [0.3, 0.4) is 0 Å². The van der Waals surface area contributed by atoms with E-state index in [2.05, 4.69) is 16.0 Å². The van der Waals surface area contributed by atoms with Crippen LogP contribution in [0.2, 0.25) is 0 Å². The fourth-order valence-corrected chi connectivity index (χ4v) is 3.21. The topological polar surface area (TPSA) is 126 Å². The molecule has 2 atom stereocenters. The molecule has 156 valence electrons. The van der Waals surface area contributed by atoms with Gasteiger partial charge in [-0.1, -0.05) is 6.07 Å². The number of benzene rings is 1. The van der Waals surface area contributed by atoms with Gasteiger partial charge in [-0.25, -0.2) is 4.79 Å². The number of hydrogen-bond acceptors (Lipinski definition) is 6. The van der Waals surface area contributed by atoms with Crippen LogP contribution in [0.5, 0.6) is 11.5 Å². The summed E-state index contributed by atoms with van der Waals surface area (Å²) in [5.41, 5.74) is -0.836. The number of carbonyl (C=O) groups is 4. The molecule has 0 unspecified atom stereocenters. The second-order valence-corrected chi connectivity index (χ2v) is 6.99. The number of fused-ring (bicyclic) bond motifs is 1. The summed E-state index contributed by atoms with van der Waals surface area (Å²) >= 11 is 0. The zero-order valence-electron chi connectivity index (χ0n) is 16.5. The van der Waals surface area contributed by atoms with Gasteiger partial charge >= 0.3 is 6.03 Å². The van der Waals surface area contributed by atoms with Gasteiger partial charge in [0.15, 0.2) is 11.5 Å². The maximum absolute atomic E-state index is 13.0. The summed E-state index contributed by atoms with van der Waals surface area (Å²) in [7, 11) is 0. The van der Waals surface area contributed by atoms with E-state index in [1.54, 1.807) is 32.0 Å². The third kappa shape index (κ3) is 3.96. The van der Waals surface area contributed by atoms with Crippen molar-refractivity contribution in [2.75, 3.05) is 26.3 Å². The summed E-state index contributed by atoms with van der Waals surface area (Å²) < 4.78 is 11.0.